The highest BCUT2D eigenvalue weighted by Gasteiger charge is 2.20. The molecular formula is C11H12F2N4O2S. The molecule has 0 fully saturated rings. The fraction of sp³-hybridized carbons (Fsp3) is 0.182. The van der Waals surface area contributed by atoms with Gasteiger partial charge in [-0.15, -0.1) is 0 Å². The summed E-state index contributed by atoms with van der Waals surface area (Å²) in [6, 6.07) is 2.33. The third-order valence-corrected chi connectivity index (χ3v) is 4.00. The van der Waals surface area contributed by atoms with E-state index in [1.54, 1.807) is 0 Å². The van der Waals surface area contributed by atoms with Crippen LogP contribution in [-0.2, 0) is 23.6 Å². The topological polar surface area (TPSA) is 90.0 Å². The first kappa shape index (κ1) is 14.4. The number of hydrogen-bond donors (Lipinski definition) is 2. The molecule has 0 aliphatic heterocycles. The number of hydrogen-bond acceptors (Lipinski definition) is 4. The Hall–Kier alpha value is -2.00. The van der Waals surface area contributed by atoms with Gasteiger partial charge in [0.05, 0.1) is 11.1 Å². The minimum absolute atomic E-state index is 0.0868. The van der Waals surface area contributed by atoms with Gasteiger partial charge in [-0.05, 0) is 18.2 Å². The molecule has 0 saturated heterocycles. The first-order valence-corrected chi connectivity index (χ1v) is 7.02. The van der Waals surface area contributed by atoms with Gasteiger partial charge in [0.2, 0.25) is 0 Å². The highest BCUT2D eigenvalue weighted by atomic mass is 32.2. The normalized spacial score (nSPS) is 11.6. The SMILES string of the molecule is Cn1ncc(CN)c1NS(=O)(=O)c1ccc(F)c(F)c1. The number of aryl methyl sites for hydroxylation is 1. The summed E-state index contributed by atoms with van der Waals surface area (Å²) in [5.74, 6) is -2.18. The van der Waals surface area contributed by atoms with E-state index in [4.69, 9.17) is 5.73 Å². The molecule has 1 aromatic carbocycles. The summed E-state index contributed by atoms with van der Waals surface area (Å²) >= 11 is 0. The Bertz CT molecular complexity index is 743. The van der Waals surface area contributed by atoms with E-state index in [-0.39, 0.29) is 17.3 Å². The van der Waals surface area contributed by atoms with Gasteiger partial charge in [0, 0.05) is 19.2 Å². The second kappa shape index (κ2) is 5.17. The minimum atomic E-state index is -4.05. The predicted octanol–water partition coefficient (Wildman–Crippen LogP) is 0.958. The van der Waals surface area contributed by atoms with Gasteiger partial charge >= 0.3 is 0 Å². The number of anilines is 1. The Labute approximate surface area is 114 Å². The van der Waals surface area contributed by atoms with Crippen LogP contribution < -0.4 is 10.5 Å². The average Bonchev–Trinajstić information content (AvgIpc) is 2.73. The van der Waals surface area contributed by atoms with Crippen LogP contribution in [0.4, 0.5) is 14.6 Å². The molecule has 1 aromatic heterocycles. The highest BCUT2D eigenvalue weighted by Crippen LogP contribution is 2.20. The van der Waals surface area contributed by atoms with E-state index in [0.29, 0.717) is 11.6 Å². The Morgan fingerprint density at radius 3 is 2.65 bits per heavy atom. The molecule has 108 valence electrons. The van der Waals surface area contributed by atoms with Gasteiger partial charge in [0.15, 0.2) is 11.6 Å². The fourth-order valence-corrected chi connectivity index (χ4v) is 2.74. The molecule has 0 spiro atoms. The van der Waals surface area contributed by atoms with Crippen LogP contribution in [0.3, 0.4) is 0 Å². The zero-order valence-corrected chi connectivity index (χ0v) is 11.3. The molecule has 0 radical (unpaired) electrons. The number of nitrogens with zero attached hydrogens (tertiary/aromatic N) is 2. The maximum absolute atomic E-state index is 13.1. The van der Waals surface area contributed by atoms with Crippen molar-refractivity contribution in [3.8, 4) is 0 Å². The van der Waals surface area contributed by atoms with Crippen molar-refractivity contribution in [1.82, 2.24) is 9.78 Å². The first-order chi connectivity index (χ1) is 9.35. The van der Waals surface area contributed by atoms with Crippen LogP contribution in [0, 0.1) is 11.6 Å². The third kappa shape index (κ3) is 2.63. The molecule has 0 unspecified atom stereocenters. The zero-order chi connectivity index (χ0) is 14.9. The fourth-order valence-electron chi connectivity index (χ4n) is 1.59. The van der Waals surface area contributed by atoms with Gasteiger partial charge in [-0.25, -0.2) is 17.2 Å². The van der Waals surface area contributed by atoms with Gasteiger partial charge in [-0.3, -0.25) is 9.40 Å². The summed E-state index contributed by atoms with van der Waals surface area (Å²) in [6.07, 6.45) is 1.42. The second-order valence-corrected chi connectivity index (χ2v) is 5.71. The number of rotatable bonds is 4. The van der Waals surface area contributed by atoms with Crippen LogP contribution in [0.25, 0.3) is 0 Å². The van der Waals surface area contributed by atoms with Crippen LogP contribution in [-0.4, -0.2) is 18.2 Å². The number of sulfonamides is 1. The monoisotopic (exact) mass is 302 g/mol. The van der Waals surface area contributed by atoms with E-state index < -0.39 is 21.7 Å². The van der Waals surface area contributed by atoms with Crippen LogP contribution in [0.2, 0.25) is 0 Å². The number of halogens is 2. The molecule has 3 N–H and O–H groups in total. The van der Waals surface area contributed by atoms with E-state index in [2.05, 4.69) is 9.82 Å². The Morgan fingerprint density at radius 1 is 1.35 bits per heavy atom. The molecule has 9 heteroatoms. The lowest BCUT2D eigenvalue weighted by Gasteiger charge is -2.10. The van der Waals surface area contributed by atoms with E-state index in [1.807, 2.05) is 0 Å². The molecule has 0 bridgehead atoms. The van der Waals surface area contributed by atoms with Gasteiger partial charge < -0.3 is 5.73 Å². The van der Waals surface area contributed by atoms with Gasteiger partial charge in [-0.2, -0.15) is 5.10 Å². The lowest BCUT2D eigenvalue weighted by Crippen LogP contribution is -2.17. The van der Waals surface area contributed by atoms with Crippen LogP contribution in [0.1, 0.15) is 5.56 Å². The summed E-state index contributed by atoms with van der Waals surface area (Å²) in [6.45, 7) is 0.0868. The van der Waals surface area contributed by atoms with Crippen molar-refractivity contribution in [2.45, 2.75) is 11.4 Å². The molecule has 2 rings (SSSR count). The van der Waals surface area contributed by atoms with Crippen molar-refractivity contribution in [2.24, 2.45) is 12.8 Å². The molecule has 20 heavy (non-hydrogen) atoms. The molecule has 0 atom stereocenters. The lowest BCUT2D eigenvalue weighted by atomic mass is 10.3. The van der Waals surface area contributed by atoms with Gasteiger partial charge in [-0.1, -0.05) is 0 Å². The lowest BCUT2D eigenvalue weighted by molar-refractivity contribution is 0.504. The van der Waals surface area contributed by atoms with Gasteiger partial charge in [0.1, 0.15) is 5.82 Å². The Morgan fingerprint density at radius 2 is 2.05 bits per heavy atom. The minimum Gasteiger partial charge on any atom is -0.326 e. The van der Waals surface area contributed by atoms with Crippen molar-refractivity contribution in [1.29, 1.82) is 0 Å². The van der Waals surface area contributed by atoms with E-state index in [9.17, 15) is 17.2 Å². The average molecular weight is 302 g/mol. The largest absolute Gasteiger partial charge is 0.326 e. The summed E-state index contributed by atoms with van der Waals surface area (Å²) < 4.78 is 53.7. The zero-order valence-electron chi connectivity index (χ0n) is 10.5. The maximum Gasteiger partial charge on any atom is 0.263 e. The first-order valence-electron chi connectivity index (χ1n) is 5.54. The summed E-state index contributed by atoms with van der Waals surface area (Å²) in [7, 11) is -2.52. The number of benzene rings is 1. The summed E-state index contributed by atoms with van der Waals surface area (Å²) in [5.41, 5.74) is 5.95. The second-order valence-electron chi connectivity index (χ2n) is 4.03. The van der Waals surface area contributed by atoms with Crippen molar-refractivity contribution in [3.63, 3.8) is 0 Å². The molecule has 0 aliphatic rings. The predicted molar refractivity (Wildman–Crippen MR) is 68.3 cm³/mol. The molecule has 1 heterocycles. The molecular weight excluding hydrogens is 290 g/mol. The van der Waals surface area contributed by atoms with Crippen molar-refractivity contribution in [2.75, 3.05) is 4.72 Å². The number of nitrogens with one attached hydrogen (secondary N) is 1. The highest BCUT2D eigenvalue weighted by molar-refractivity contribution is 7.92. The van der Waals surface area contributed by atoms with Crippen LogP contribution >= 0.6 is 0 Å². The number of nitrogens with two attached hydrogens (primary N) is 1. The quantitative estimate of drug-likeness (QED) is 0.880. The van der Waals surface area contributed by atoms with Crippen molar-refractivity contribution < 1.29 is 17.2 Å². The van der Waals surface area contributed by atoms with Crippen molar-refractivity contribution >= 4 is 15.8 Å². The van der Waals surface area contributed by atoms with Crippen molar-refractivity contribution in [3.05, 3.63) is 41.6 Å². The summed E-state index contributed by atoms with van der Waals surface area (Å²) in [5, 5.41) is 3.87. The molecule has 6 nitrogen and oxygen atoms in total. The molecule has 0 saturated carbocycles. The standard InChI is InChI=1S/C11H12F2N4O2S/c1-17-11(7(5-14)6-15-17)16-20(18,19)8-2-3-9(12)10(13)4-8/h2-4,6,16H,5,14H2,1H3. The van der Waals surface area contributed by atoms with E-state index in [1.165, 1.54) is 17.9 Å². The maximum atomic E-state index is 13.1. The number of aromatic nitrogens is 2. The smallest absolute Gasteiger partial charge is 0.263 e. The Kier molecular flexibility index (Phi) is 3.73. The van der Waals surface area contributed by atoms with E-state index >= 15 is 0 Å². The molecule has 2 aromatic rings. The van der Waals surface area contributed by atoms with Gasteiger partial charge in [0.25, 0.3) is 10.0 Å². The third-order valence-electron chi connectivity index (χ3n) is 2.67. The van der Waals surface area contributed by atoms with E-state index in [0.717, 1.165) is 12.1 Å². The molecule has 0 amide bonds. The molecule has 0 aliphatic carbocycles. The van der Waals surface area contributed by atoms with Crippen LogP contribution in [0.5, 0.6) is 0 Å². The summed E-state index contributed by atoms with van der Waals surface area (Å²) in [4.78, 5) is -0.388. The van der Waals surface area contributed by atoms with Crippen LogP contribution in [0.15, 0.2) is 29.3 Å². The Balaban J connectivity index is 2.40.